The summed E-state index contributed by atoms with van der Waals surface area (Å²) in [7, 11) is 0. The van der Waals surface area contributed by atoms with Crippen LogP contribution in [0.2, 0.25) is 0 Å². The first-order valence-corrected chi connectivity index (χ1v) is 9.47. The Morgan fingerprint density at radius 1 is 1.15 bits per heavy atom. The molecule has 1 aromatic heterocycles. The molecule has 0 amide bonds. The Morgan fingerprint density at radius 2 is 1.81 bits per heavy atom. The fourth-order valence-electron chi connectivity index (χ4n) is 4.84. The third-order valence-corrected chi connectivity index (χ3v) is 6.26. The number of rotatable bonds is 4. The fraction of sp³-hybridized carbons (Fsp3) is 0.429. The Labute approximate surface area is 156 Å². The first-order chi connectivity index (χ1) is 13.0. The molecule has 0 fully saturated rings. The van der Waals surface area contributed by atoms with Gasteiger partial charge in [-0.2, -0.15) is 0 Å². The second-order valence-corrected chi connectivity index (χ2v) is 7.75. The van der Waals surface area contributed by atoms with E-state index in [1.54, 1.807) is 13.1 Å². The molecule has 0 saturated carbocycles. The number of anilines is 1. The number of hydrogen-bond acceptors (Lipinski definition) is 4. The highest BCUT2D eigenvalue weighted by atomic mass is 19.1. The highest BCUT2D eigenvalue weighted by Gasteiger charge is 2.60. The zero-order chi connectivity index (χ0) is 19.0. The van der Waals surface area contributed by atoms with E-state index in [1.807, 2.05) is 0 Å². The van der Waals surface area contributed by atoms with Gasteiger partial charge in [-0.3, -0.25) is 0 Å². The molecule has 6 heteroatoms. The van der Waals surface area contributed by atoms with Gasteiger partial charge in [0.1, 0.15) is 11.7 Å². The largest absolute Gasteiger partial charge is 0.461 e. The molecule has 1 aromatic rings. The number of fused-ring (bicyclic) bond motifs is 1. The van der Waals surface area contributed by atoms with Gasteiger partial charge in [-0.05, 0) is 42.7 Å². The van der Waals surface area contributed by atoms with Crippen LogP contribution in [-0.2, 0) is 4.74 Å². The number of pyridine rings is 1. The van der Waals surface area contributed by atoms with Gasteiger partial charge in [0.2, 0.25) is 0 Å². The van der Waals surface area contributed by atoms with Crippen molar-refractivity contribution in [1.29, 1.82) is 0 Å². The van der Waals surface area contributed by atoms with E-state index in [1.165, 1.54) is 0 Å². The number of carbonyl (C=O) groups is 1. The maximum Gasteiger partial charge on any atom is 0.357 e. The van der Waals surface area contributed by atoms with Crippen LogP contribution in [0, 0.1) is 5.92 Å². The topological polar surface area (TPSA) is 51.2 Å². The minimum Gasteiger partial charge on any atom is -0.461 e. The molecule has 0 spiro atoms. The minimum absolute atomic E-state index is 0.133. The van der Waals surface area contributed by atoms with Crippen LogP contribution in [0.5, 0.6) is 0 Å². The first-order valence-electron chi connectivity index (χ1n) is 9.47. The molecule has 0 radical (unpaired) electrons. The predicted octanol–water partition coefficient (Wildman–Crippen LogP) is 5.03. The molecular weight excluding hydrogens is 350 g/mol. The number of halogens is 2. The van der Waals surface area contributed by atoms with E-state index in [2.05, 4.69) is 24.1 Å². The molecule has 27 heavy (non-hydrogen) atoms. The van der Waals surface area contributed by atoms with Crippen molar-refractivity contribution in [1.82, 2.24) is 4.98 Å². The first kappa shape index (κ1) is 16.7. The van der Waals surface area contributed by atoms with E-state index >= 15 is 0 Å². The summed E-state index contributed by atoms with van der Waals surface area (Å²) in [6.45, 7) is 6.24. The number of nitrogens with zero attached hydrogens (tertiary/aromatic N) is 1. The van der Waals surface area contributed by atoms with Gasteiger partial charge in [-0.25, -0.2) is 18.6 Å². The quantitative estimate of drug-likeness (QED) is 0.756. The lowest BCUT2D eigenvalue weighted by Crippen LogP contribution is -2.44. The highest BCUT2D eigenvalue weighted by Crippen LogP contribution is 2.68. The van der Waals surface area contributed by atoms with Gasteiger partial charge < -0.3 is 10.1 Å². The highest BCUT2D eigenvalue weighted by molar-refractivity contribution is 5.91. The summed E-state index contributed by atoms with van der Waals surface area (Å²) in [6.07, 6.45) is 3.54. The number of hydrogen-bond donors (Lipinski definition) is 1. The third kappa shape index (κ3) is 1.96. The Kier molecular flexibility index (Phi) is 3.39. The molecule has 5 rings (SSSR count). The Balaban J connectivity index is 1.59. The lowest BCUT2D eigenvalue weighted by Gasteiger charge is -2.52. The van der Waals surface area contributed by atoms with Gasteiger partial charge in [-0.1, -0.05) is 13.8 Å². The van der Waals surface area contributed by atoms with Gasteiger partial charge in [0.25, 0.3) is 0 Å². The summed E-state index contributed by atoms with van der Waals surface area (Å²) in [5.41, 5.74) is 4.88. The lowest BCUT2D eigenvalue weighted by atomic mass is 9.54. The monoisotopic (exact) mass is 370 g/mol. The van der Waals surface area contributed by atoms with Gasteiger partial charge in [-0.15, -0.1) is 0 Å². The summed E-state index contributed by atoms with van der Waals surface area (Å²) < 4.78 is 33.2. The average Bonchev–Trinajstić information content (AvgIpc) is 2.62. The summed E-state index contributed by atoms with van der Waals surface area (Å²) in [6, 6.07) is 0. The van der Waals surface area contributed by atoms with E-state index in [0.717, 1.165) is 29.7 Å². The molecule has 1 heterocycles. The molecule has 4 nitrogen and oxygen atoms in total. The van der Waals surface area contributed by atoms with Crippen molar-refractivity contribution < 1.29 is 18.3 Å². The number of carbonyl (C=O) groups excluding carboxylic acids is 1. The van der Waals surface area contributed by atoms with Gasteiger partial charge in [0.05, 0.1) is 24.2 Å². The van der Waals surface area contributed by atoms with Crippen LogP contribution in [0.3, 0.4) is 0 Å². The number of nitrogens with one attached hydrogen (secondary N) is 1. The SMILES string of the molecule is CCOC(=O)c1ncc(NC2=C3C(F)=C4C(F)=C2C43)c2c1C(C)CCC2C. The van der Waals surface area contributed by atoms with Gasteiger partial charge in [0.15, 0.2) is 5.69 Å². The molecule has 4 aliphatic carbocycles. The van der Waals surface area contributed by atoms with Crippen molar-refractivity contribution in [2.45, 2.75) is 45.4 Å². The molecule has 0 aromatic carbocycles. The zero-order valence-corrected chi connectivity index (χ0v) is 15.5. The van der Waals surface area contributed by atoms with Crippen LogP contribution in [0.15, 0.2) is 40.3 Å². The molecule has 0 bridgehead atoms. The minimum atomic E-state index is -0.429. The predicted molar refractivity (Wildman–Crippen MR) is 96.7 cm³/mol. The van der Waals surface area contributed by atoms with Crippen LogP contribution in [-0.4, -0.2) is 17.6 Å². The lowest BCUT2D eigenvalue weighted by molar-refractivity contribution is 0.0517. The van der Waals surface area contributed by atoms with E-state index < -0.39 is 17.6 Å². The summed E-state index contributed by atoms with van der Waals surface area (Å²) >= 11 is 0. The smallest absolute Gasteiger partial charge is 0.357 e. The van der Waals surface area contributed by atoms with Crippen LogP contribution in [0.4, 0.5) is 14.5 Å². The summed E-state index contributed by atoms with van der Waals surface area (Å²) in [4.78, 5) is 16.8. The van der Waals surface area contributed by atoms with Crippen molar-refractivity contribution in [3.8, 4) is 0 Å². The van der Waals surface area contributed by atoms with E-state index in [9.17, 15) is 13.6 Å². The van der Waals surface area contributed by atoms with Crippen LogP contribution in [0.1, 0.15) is 67.1 Å². The molecule has 3 unspecified atom stereocenters. The maximum absolute atomic E-state index is 14.0. The maximum atomic E-state index is 14.0. The molecule has 4 aliphatic rings. The molecule has 1 N–H and O–H groups in total. The normalized spacial score (nSPS) is 27.4. The molecule has 0 saturated heterocycles. The molecule has 140 valence electrons. The van der Waals surface area contributed by atoms with Crippen molar-refractivity contribution >= 4 is 11.7 Å². The van der Waals surface area contributed by atoms with Crippen molar-refractivity contribution in [2.75, 3.05) is 11.9 Å². The third-order valence-electron chi connectivity index (χ3n) is 6.26. The van der Waals surface area contributed by atoms with E-state index in [4.69, 9.17) is 4.74 Å². The zero-order valence-electron chi connectivity index (χ0n) is 15.5. The van der Waals surface area contributed by atoms with E-state index in [-0.39, 0.29) is 29.9 Å². The Bertz CT molecular complexity index is 1000. The second kappa shape index (κ2) is 5.50. The van der Waals surface area contributed by atoms with Crippen LogP contribution in [0.25, 0.3) is 0 Å². The van der Waals surface area contributed by atoms with Crippen molar-refractivity contribution in [3.63, 3.8) is 0 Å². The Morgan fingerprint density at radius 3 is 2.44 bits per heavy atom. The second-order valence-electron chi connectivity index (χ2n) is 7.75. The average molecular weight is 370 g/mol. The van der Waals surface area contributed by atoms with E-state index in [0.29, 0.717) is 22.5 Å². The molecule has 3 atom stereocenters. The number of ether oxygens (including phenoxy) is 1. The number of allylic oxidation sites excluding steroid dienone is 5. The fourth-order valence-corrected chi connectivity index (χ4v) is 4.84. The number of esters is 1. The number of aromatic nitrogens is 1. The van der Waals surface area contributed by atoms with Gasteiger partial charge in [0, 0.05) is 22.6 Å². The van der Waals surface area contributed by atoms with Crippen LogP contribution < -0.4 is 5.32 Å². The molecular formula is C21H20F2N2O2. The molecule has 0 aliphatic heterocycles. The standard InChI is InChI=1S/C21H20F2N2O2/c1-4-27-21(26)20-12-9(3)6-5-8(2)11(12)10(7-24-20)25-19-15-13-14(17(15)22)18(23)16(13)19/h7-9,13,25H,4-6H2,1-3H3. The van der Waals surface area contributed by atoms with Crippen molar-refractivity contribution in [3.05, 3.63) is 57.1 Å². The van der Waals surface area contributed by atoms with Crippen molar-refractivity contribution in [2.24, 2.45) is 5.92 Å². The van der Waals surface area contributed by atoms with Crippen LogP contribution >= 0.6 is 0 Å². The van der Waals surface area contributed by atoms with Gasteiger partial charge >= 0.3 is 5.97 Å². The summed E-state index contributed by atoms with van der Waals surface area (Å²) in [5, 5.41) is 3.23. The summed E-state index contributed by atoms with van der Waals surface area (Å²) in [5.74, 6) is -1.02. The Hall–Kier alpha value is -2.50.